The number of hydrogen-bond donors (Lipinski definition) is 0. The van der Waals surface area contributed by atoms with Crippen LogP contribution in [0.15, 0.2) is 42.9 Å². The van der Waals surface area contributed by atoms with Crippen molar-refractivity contribution in [1.82, 2.24) is 9.97 Å². The highest BCUT2D eigenvalue weighted by Crippen LogP contribution is 2.15. The quantitative estimate of drug-likeness (QED) is 0.461. The number of hydrogen-bond acceptors (Lipinski definition) is 6. The molecular weight excluding hydrogens is 278 g/mol. The number of carbonyl (C=O) groups excluding carboxylic acids is 1. The minimum Gasteiger partial charge on any atom is -0.293 e. The lowest BCUT2D eigenvalue weighted by molar-refractivity contribution is -0.384. The lowest BCUT2D eigenvalue weighted by atomic mass is 10.1. The second-order valence-corrected chi connectivity index (χ2v) is 4.91. The molecule has 102 valence electrons. The van der Waals surface area contributed by atoms with E-state index in [0.29, 0.717) is 17.1 Å². The normalized spacial score (nSPS) is 10.2. The summed E-state index contributed by atoms with van der Waals surface area (Å²) in [5, 5.41) is 10.5. The minimum atomic E-state index is -0.488. The van der Waals surface area contributed by atoms with Crippen LogP contribution >= 0.6 is 11.8 Å². The van der Waals surface area contributed by atoms with E-state index in [0.717, 1.165) is 5.69 Å². The largest absolute Gasteiger partial charge is 0.293 e. The highest BCUT2D eigenvalue weighted by atomic mass is 32.2. The van der Waals surface area contributed by atoms with Crippen LogP contribution in [0.1, 0.15) is 16.1 Å². The minimum absolute atomic E-state index is 0.0183. The maximum absolute atomic E-state index is 11.9. The van der Waals surface area contributed by atoms with E-state index >= 15 is 0 Å². The molecule has 6 nitrogen and oxygen atoms in total. The zero-order chi connectivity index (χ0) is 14.4. The molecule has 2 aromatic rings. The Morgan fingerprint density at radius 1 is 1.25 bits per heavy atom. The summed E-state index contributed by atoms with van der Waals surface area (Å²) in [5.41, 5.74) is 1.32. The Morgan fingerprint density at radius 2 is 2.00 bits per heavy atom. The zero-order valence-corrected chi connectivity index (χ0v) is 11.2. The van der Waals surface area contributed by atoms with Crippen molar-refractivity contribution in [1.29, 1.82) is 0 Å². The van der Waals surface area contributed by atoms with Crippen molar-refractivity contribution in [2.24, 2.45) is 0 Å². The van der Waals surface area contributed by atoms with Gasteiger partial charge in [0.1, 0.15) is 6.33 Å². The van der Waals surface area contributed by atoms with Gasteiger partial charge in [-0.05, 0) is 18.2 Å². The van der Waals surface area contributed by atoms with Crippen LogP contribution in [0.3, 0.4) is 0 Å². The molecule has 1 heterocycles. The van der Waals surface area contributed by atoms with Crippen molar-refractivity contribution in [3.63, 3.8) is 0 Å². The first-order valence-corrected chi connectivity index (χ1v) is 6.92. The molecule has 0 amide bonds. The average molecular weight is 289 g/mol. The topological polar surface area (TPSA) is 86.0 Å². The second kappa shape index (κ2) is 6.76. The molecule has 0 spiro atoms. The first kappa shape index (κ1) is 14.1. The highest BCUT2D eigenvalue weighted by Gasteiger charge is 2.09. The number of benzene rings is 1. The molecule has 2 rings (SSSR count). The zero-order valence-electron chi connectivity index (χ0n) is 10.4. The number of non-ortho nitro benzene ring substituents is 1. The predicted octanol–water partition coefficient (Wildman–Crippen LogP) is 2.50. The molecule has 0 aliphatic rings. The molecule has 7 heteroatoms. The van der Waals surface area contributed by atoms with E-state index in [1.165, 1.54) is 42.4 Å². The summed E-state index contributed by atoms with van der Waals surface area (Å²) in [7, 11) is 0. The van der Waals surface area contributed by atoms with Gasteiger partial charge in [0, 0.05) is 29.6 Å². The molecule has 1 aromatic heterocycles. The Balaban J connectivity index is 1.87. The van der Waals surface area contributed by atoms with Gasteiger partial charge in [0.25, 0.3) is 5.69 Å². The van der Waals surface area contributed by atoms with Crippen LogP contribution in [0.25, 0.3) is 0 Å². The molecule has 0 atom stereocenters. The van der Waals surface area contributed by atoms with Crippen LogP contribution < -0.4 is 0 Å². The number of nitro benzene ring substituents is 1. The number of rotatable bonds is 6. The standard InChI is InChI=1S/C13H11N3O3S/c17-13(8-20-7-11-5-6-14-9-15-11)10-1-3-12(4-2-10)16(18)19/h1-6,9H,7-8H2. The fraction of sp³-hybridized carbons (Fsp3) is 0.154. The van der Waals surface area contributed by atoms with Gasteiger partial charge in [0.15, 0.2) is 5.78 Å². The van der Waals surface area contributed by atoms with Crippen LogP contribution in [0.2, 0.25) is 0 Å². The van der Waals surface area contributed by atoms with Crippen molar-refractivity contribution in [3.8, 4) is 0 Å². The third kappa shape index (κ3) is 3.86. The summed E-state index contributed by atoms with van der Waals surface area (Å²) in [6.07, 6.45) is 3.12. The third-order valence-electron chi connectivity index (χ3n) is 2.53. The van der Waals surface area contributed by atoms with E-state index in [2.05, 4.69) is 9.97 Å². The molecular formula is C13H11N3O3S. The molecule has 0 unspecified atom stereocenters. The van der Waals surface area contributed by atoms with Crippen molar-refractivity contribution in [2.45, 2.75) is 5.75 Å². The molecule has 0 bridgehead atoms. The molecule has 0 saturated carbocycles. The second-order valence-electron chi connectivity index (χ2n) is 3.92. The molecule has 0 N–H and O–H groups in total. The van der Waals surface area contributed by atoms with E-state index in [4.69, 9.17) is 0 Å². The van der Waals surface area contributed by atoms with Gasteiger partial charge in [-0.25, -0.2) is 9.97 Å². The summed E-state index contributed by atoms with van der Waals surface area (Å²) in [5.74, 6) is 0.877. The Labute approximate surface area is 119 Å². The number of ketones is 1. The summed E-state index contributed by atoms with van der Waals surface area (Å²) in [6.45, 7) is 0. The Bertz CT molecular complexity index is 602. The van der Waals surface area contributed by atoms with Gasteiger partial charge in [-0.15, -0.1) is 11.8 Å². The van der Waals surface area contributed by atoms with Crippen molar-refractivity contribution < 1.29 is 9.72 Å². The molecule has 1 aromatic carbocycles. The molecule has 0 aliphatic carbocycles. The number of nitro groups is 1. The maximum atomic E-state index is 11.9. The fourth-order valence-corrected chi connectivity index (χ4v) is 2.34. The number of aromatic nitrogens is 2. The van der Waals surface area contributed by atoms with Gasteiger partial charge in [-0.3, -0.25) is 14.9 Å². The van der Waals surface area contributed by atoms with Gasteiger partial charge in [-0.1, -0.05) is 0 Å². The van der Waals surface area contributed by atoms with E-state index in [1.807, 2.05) is 0 Å². The van der Waals surface area contributed by atoms with Crippen LogP contribution in [0.5, 0.6) is 0 Å². The van der Waals surface area contributed by atoms with Crippen LogP contribution in [0.4, 0.5) is 5.69 Å². The molecule has 0 radical (unpaired) electrons. The first-order valence-electron chi connectivity index (χ1n) is 5.77. The van der Waals surface area contributed by atoms with E-state index in [9.17, 15) is 14.9 Å². The third-order valence-corrected chi connectivity index (χ3v) is 3.49. The number of nitrogens with zero attached hydrogens (tertiary/aromatic N) is 3. The van der Waals surface area contributed by atoms with Crippen LogP contribution in [-0.2, 0) is 5.75 Å². The smallest absolute Gasteiger partial charge is 0.269 e. The van der Waals surface area contributed by atoms with Crippen molar-refractivity contribution in [3.05, 3.63) is 64.2 Å². The number of carbonyl (C=O) groups is 1. The summed E-state index contributed by atoms with van der Waals surface area (Å²) >= 11 is 1.45. The van der Waals surface area contributed by atoms with E-state index in [1.54, 1.807) is 12.3 Å². The molecule has 0 aliphatic heterocycles. The Morgan fingerprint density at radius 3 is 2.60 bits per heavy atom. The molecule has 0 saturated heterocycles. The van der Waals surface area contributed by atoms with Crippen LogP contribution in [-0.4, -0.2) is 26.4 Å². The lowest BCUT2D eigenvalue weighted by Crippen LogP contribution is -2.03. The highest BCUT2D eigenvalue weighted by molar-refractivity contribution is 7.99. The van der Waals surface area contributed by atoms with E-state index in [-0.39, 0.29) is 11.5 Å². The summed E-state index contributed by atoms with van der Waals surface area (Å²) in [4.78, 5) is 29.8. The van der Waals surface area contributed by atoms with Gasteiger partial charge in [-0.2, -0.15) is 0 Å². The predicted molar refractivity (Wildman–Crippen MR) is 75.6 cm³/mol. The average Bonchev–Trinajstić information content (AvgIpc) is 2.48. The Hall–Kier alpha value is -2.28. The van der Waals surface area contributed by atoms with Gasteiger partial charge >= 0.3 is 0 Å². The first-order chi connectivity index (χ1) is 9.66. The Kier molecular flexibility index (Phi) is 4.78. The van der Waals surface area contributed by atoms with Crippen molar-refractivity contribution >= 4 is 23.2 Å². The fourth-order valence-electron chi connectivity index (χ4n) is 1.50. The van der Waals surface area contributed by atoms with E-state index < -0.39 is 4.92 Å². The SMILES string of the molecule is O=C(CSCc1ccncn1)c1ccc([N+](=O)[O-])cc1. The maximum Gasteiger partial charge on any atom is 0.269 e. The van der Waals surface area contributed by atoms with Gasteiger partial charge in [0.2, 0.25) is 0 Å². The van der Waals surface area contributed by atoms with Crippen LogP contribution in [0, 0.1) is 10.1 Å². The lowest BCUT2D eigenvalue weighted by Gasteiger charge is -2.01. The molecule has 20 heavy (non-hydrogen) atoms. The van der Waals surface area contributed by atoms with Crippen molar-refractivity contribution in [2.75, 3.05) is 5.75 Å². The van der Waals surface area contributed by atoms with Gasteiger partial charge < -0.3 is 0 Å². The monoisotopic (exact) mass is 289 g/mol. The summed E-state index contributed by atoms with van der Waals surface area (Å²) in [6, 6.07) is 7.42. The number of thioether (sulfide) groups is 1. The number of Topliss-reactive ketones (excluding diaryl/α,β-unsaturated/α-hetero) is 1. The molecule has 0 fully saturated rings. The summed E-state index contributed by atoms with van der Waals surface area (Å²) < 4.78 is 0. The van der Waals surface area contributed by atoms with Gasteiger partial charge in [0.05, 0.1) is 16.4 Å².